The Kier molecular flexibility index (Phi) is 10.6. The number of halogens is 3. The molecule has 0 fully saturated rings. The van der Waals surface area contributed by atoms with Crippen LogP contribution in [-0.2, 0) is 6.18 Å². The molecule has 0 amide bonds. The van der Waals surface area contributed by atoms with Crippen LogP contribution in [0.1, 0.15) is 5.56 Å². The van der Waals surface area contributed by atoms with Gasteiger partial charge in [-0.05, 0) is 146 Å². The van der Waals surface area contributed by atoms with Gasteiger partial charge in [-0.2, -0.15) is 13.2 Å². The molecule has 6 aromatic carbocycles. The summed E-state index contributed by atoms with van der Waals surface area (Å²) in [5, 5.41) is 0. The highest BCUT2D eigenvalue weighted by molar-refractivity contribution is 7.79. The zero-order valence-corrected chi connectivity index (χ0v) is 32.2. The number of nitrogens with two attached hydrogens (primary N) is 5. The number of anilines is 5. The van der Waals surface area contributed by atoms with Crippen molar-refractivity contribution in [1.82, 2.24) is 0 Å². The molecule has 7 rings (SSSR count). The molecule has 0 aliphatic carbocycles. The van der Waals surface area contributed by atoms with Gasteiger partial charge in [0.05, 0.1) is 5.56 Å². The van der Waals surface area contributed by atoms with Crippen LogP contribution >= 0.6 is 23.0 Å². The molecule has 1 aliphatic heterocycles. The Balaban J connectivity index is 1.56. The van der Waals surface area contributed by atoms with Crippen LogP contribution in [-0.4, -0.2) is 0 Å². The molecule has 10 N–H and O–H groups in total. The van der Waals surface area contributed by atoms with E-state index >= 15 is 0 Å². The predicted molar refractivity (Wildman–Crippen MR) is 218 cm³/mol. The number of benzene rings is 6. The molecule has 1 atom stereocenters. The van der Waals surface area contributed by atoms with E-state index < -0.39 is 34.7 Å². The molecule has 294 valence electrons. The lowest BCUT2D eigenvalue weighted by Gasteiger charge is -2.33. The summed E-state index contributed by atoms with van der Waals surface area (Å²) in [5.74, 6) is 0.814. The first-order valence-electron chi connectivity index (χ1n) is 16.7. The molecule has 0 bridgehead atoms. The summed E-state index contributed by atoms with van der Waals surface area (Å²) in [6.07, 6.45) is -4.63. The monoisotopic (exact) mass is 836 g/mol. The Bertz CT molecular complexity index is 2330. The Hall–Kier alpha value is -6.40. The molecule has 14 nitrogen and oxygen atoms in total. The van der Waals surface area contributed by atoms with Gasteiger partial charge in [0.15, 0.2) is 0 Å². The van der Waals surface area contributed by atoms with Gasteiger partial charge in [0.1, 0.15) is 34.5 Å². The van der Waals surface area contributed by atoms with Gasteiger partial charge < -0.3 is 55.8 Å². The number of nitrogen functional groups attached to an aromatic ring is 5. The topological polar surface area (TPSA) is 223 Å². The van der Waals surface area contributed by atoms with Crippen LogP contribution in [0.5, 0.6) is 34.5 Å². The van der Waals surface area contributed by atoms with Crippen LogP contribution < -0.4 is 55.8 Å². The second-order valence-corrected chi connectivity index (χ2v) is 18.3. The van der Waals surface area contributed by atoms with Gasteiger partial charge in [-0.1, -0.05) is 13.5 Å². The van der Waals surface area contributed by atoms with Gasteiger partial charge in [-0.25, -0.2) is 0 Å². The molecule has 0 saturated carbocycles. The van der Waals surface area contributed by atoms with E-state index in [1.165, 1.54) is 12.1 Å². The van der Waals surface area contributed by atoms with E-state index in [-0.39, 0.29) is 34.5 Å². The highest BCUT2D eigenvalue weighted by Crippen LogP contribution is 2.78. The van der Waals surface area contributed by atoms with Gasteiger partial charge in [0.25, 0.3) is 0 Å². The number of rotatable bonds is 12. The van der Waals surface area contributed by atoms with Crippen molar-refractivity contribution in [3.8, 4) is 34.5 Å². The van der Waals surface area contributed by atoms with Gasteiger partial charge in [0.2, 0.25) is 0 Å². The third kappa shape index (κ3) is 9.71. The summed E-state index contributed by atoms with van der Waals surface area (Å²) >= 11 is 0. The molecular formula is C37H34F3N8O6P3. The zero-order valence-electron chi connectivity index (χ0n) is 29.5. The maximum atomic E-state index is 13.7. The SMILES string of the molecule is Nc1ccc(OP2(Oc3ccc(N)cc3)=NP(Oc3ccc(N)cc3)(Oc3ccc(N)cc3)=NP(Oc3ccc(N)cc3)(Oc3ccc(C(F)(F)F)cc3)=N2)cc1. The lowest BCUT2D eigenvalue weighted by Crippen LogP contribution is -2.11. The van der Waals surface area contributed by atoms with Gasteiger partial charge in [-0.15, -0.1) is 0 Å². The Morgan fingerprint density at radius 2 is 0.491 bits per heavy atom. The summed E-state index contributed by atoms with van der Waals surface area (Å²) in [6.45, 7) is 0. The summed E-state index contributed by atoms with van der Waals surface area (Å²) in [4.78, 5) is 0. The van der Waals surface area contributed by atoms with Crippen molar-refractivity contribution in [2.75, 3.05) is 28.7 Å². The van der Waals surface area contributed by atoms with Gasteiger partial charge in [0, 0.05) is 28.4 Å². The number of nitrogens with zero attached hydrogens (tertiary/aromatic N) is 3. The van der Waals surface area contributed by atoms with Crippen molar-refractivity contribution in [3.63, 3.8) is 0 Å². The fourth-order valence-electron chi connectivity index (χ4n) is 4.93. The molecule has 0 spiro atoms. The van der Waals surface area contributed by atoms with E-state index in [1.807, 2.05) is 0 Å². The van der Waals surface area contributed by atoms with Crippen LogP contribution in [0, 0.1) is 0 Å². The lowest BCUT2D eigenvalue weighted by atomic mass is 10.2. The average molecular weight is 837 g/mol. The van der Waals surface area contributed by atoms with E-state index in [2.05, 4.69) is 0 Å². The van der Waals surface area contributed by atoms with Crippen LogP contribution in [0.4, 0.5) is 41.6 Å². The number of hydrogen-bond donors (Lipinski definition) is 5. The Morgan fingerprint density at radius 1 is 0.316 bits per heavy atom. The van der Waals surface area contributed by atoms with E-state index in [9.17, 15) is 13.2 Å². The molecular weight excluding hydrogens is 802 g/mol. The molecule has 6 aromatic rings. The summed E-state index contributed by atoms with van der Waals surface area (Å²) in [7, 11) is -13.0. The molecule has 0 saturated heterocycles. The lowest BCUT2D eigenvalue weighted by molar-refractivity contribution is -0.137. The van der Waals surface area contributed by atoms with Crippen molar-refractivity contribution in [2.24, 2.45) is 13.5 Å². The van der Waals surface area contributed by atoms with Gasteiger partial charge >= 0.3 is 29.2 Å². The first-order valence-corrected chi connectivity index (χ1v) is 21.3. The van der Waals surface area contributed by atoms with Crippen LogP contribution in [0.2, 0.25) is 0 Å². The molecule has 0 aromatic heterocycles. The second kappa shape index (κ2) is 15.6. The minimum atomic E-state index is -4.63. The predicted octanol–water partition coefficient (Wildman–Crippen LogP) is 11.2. The highest BCUT2D eigenvalue weighted by Gasteiger charge is 2.49. The number of hydrogen-bond acceptors (Lipinski definition) is 14. The van der Waals surface area contributed by atoms with E-state index in [1.54, 1.807) is 109 Å². The normalized spacial score (nSPS) is 16.8. The fourth-order valence-corrected chi connectivity index (χ4v) is 14.0. The van der Waals surface area contributed by atoms with Crippen molar-refractivity contribution < 1.29 is 40.3 Å². The molecule has 0 radical (unpaired) electrons. The number of alkyl halides is 3. The van der Waals surface area contributed by atoms with Crippen LogP contribution in [0.3, 0.4) is 0 Å². The summed E-state index contributed by atoms with van der Waals surface area (Å²) < 4.78 is 95.8. The van der Waals surface area contributed by atoms with Crippen LogP contribution in [0.15, 0.2) is 159 Å². The zero-order chi connectivity index (χ0) is 40.3. The maximum absolute atomic E-state index is 13.7. The highest BCUT2D eigenvalue weighted by atomic mass is 31.3. The largest absolute Gasteiger partial charge is 0.460 e. The molecule has 1 heterocycles. The van der Waals surface area contributed by atoms with E-state index in [4.69, 9.17) is 69.4 Å². The third-order valence-corrected chi connectivity index (χ3v) is 15.7. The maximum Gasteiger partial charge on any atom is 0.460 e. The minimum absolute atomic E-state index is 0.114. The van der Waals surface area contributed by atoms with Crippen molar-refractivity contribution in [3.05, 3.63) is 151 Å². The Labute approximate surface area is 325 Å². The van der Waals surface area contributed by atoms with E-state index in [0.29, 0.717) is 28.4 Å². The molecule has 1 aliphatic rings. The quantitative estimate of drug-likeness (QED) is 0.0576. The van der Waals surface area contributed by atoms with Gasteiger partial charge in [-0.3, -0.25) is 0 Å². The molecule has 57 heavy (non-hydrogen) atoms. The average Bonchev–Trinajstić information content (AvgIpc) is 3.16. The fraction of sp³-hybridized carbons (Fsp3) is 0.0270. The second-order valence-electron chi connectivity index (χ2n) is 12.2. The smallest absolute Gasteiger partial charge is 0.413 e. The first kappa shape index (κ1) is 38.9. The first-order chi connectivity index (χ1) is 27.2. The van der Waals surface area contributed by atoms with Crippen LogP contribution in [0.25, 0.3) is 0 Å². The van der Waals surface area contributed by atoms with E-state index in [0.717, 1.165) is 24.3 Å². The van der Waals surface area contributed by atoms with Crippen molar-refractivity contribution >= 4 is 51.4 Å². The summed E-state index contributed by atoms with van der Waals surface area (Å²) in [6, 6.07) is 35.4. The van der Waals surface area contributed by atoms with Crippen molar-refractivity contribution in [1.29, 1.82) is 0 Å². The third-order valence-electron chi connectivity index (χ3n) is 7.61. The standard InChI is InChI=1S/C37H34F3N8O6P3/c38-37(39,40)25-1-13-31(14-2-25)49-55(50-32-15-3-26(41)4-16-32)46-56(51-33-17-5-27(42)6-18-33,52-34-19-7-28(43)8-20-34)48-57(47-55,53-35-21-9-29(44)10-22-35)54-36-23-11-30(45)12-24-36/h1-24H,41-45H2. The summed E-state index contributed by atoms with van der Waals surface area (Å²) in [5.41, 5.74) is 31.3. The molecule has 20 heteroatoms. The minimum Gasteiger partial charge on any atom is -0.413 e. The molecule has 1 unspecified atom stereocenters. The van der Waals surface area contributed by atoms with Crippen molar-refractivity contribution in [2.45, 2.75) is 6.18 Å². The Morgan fingerprint density at radius 3 is 0.667 bits per heavy atom.